The fourth-order valence-electron chi connectivity index (χ4n) is 1.81. The van der Waals surface area contributed by atoms with Gasteiger partial charge in [0.2, 0.25) is 5.91 Å². The van der Waals surface area contributed by atoms with Gasteiger partial charge >= 0.3 is 0 Å². The van der Waals surface area contributed by atoms with E-state index >= 15 is 0 Å². The molecule has 0 unspecified atom stereocenters. The number of benzene rings is 1. The zero-order valence-corrected chi connectivity index (χ0v) is 8.90. The number of nitro benzene ring substituents is 1. The minimum absolute atomic E-state index is 0.105. The molecule has 1 N–H and O–H groups in total. The summed E-state index contributed by atoms with van der Waals surface area (Å²) >= 11 is 0. The van der Waals surface area contributed by atoms with Crippen LogP contribution < -0.4 is 5.32 Å². The molecule has 0 heterocycles. The molecule has 1 aliphatic rings. The van der Waals surface area contributed by atoms with Crippen LogP contribution in [0.4, 0.5) is 11.4 Å². The number of amides is 1. The van der Waals surface area contributed by atoms with E-state index < -0.39 is 0 Å². The van der Waals surface area contributed by atoms with Gasteiger partial charge in [-0.2, -0.15) is 0 Å². The van der Waals surface area contributed by atoms with Crippen molar-refractivity contribution < 1.29 is 9.72 Å². The molecule has 1 aromatic rings. The number of carbonyl (C=O) groups is 1. The van der Waals surface area contributed by atoms with E-state index in [1.54, 1.807) is 12.1 Å². The number of rotatable bonds is 3. The number of nitrogens with one attached hydrogen (secondary N) is 1. The maximum atomic E-state index is 11.0. The van der Waals surface area contributed by atoms with Gasteiger partial charge < -0.3 is 5.32 Å². The minimum Gasteiger partial charge on any atom is -0.326 e. The molecular formula is C11H12N2O3. The lowest BCUT2D eigenvalue weighted by molar-refractivity contribution is -0.385. The molecule has 0 spiro atoms. The fraction of sp³-hybridized carbons (Fsp3) is 0.364. The SMILES string of the molecule is CC(=O)Nc1cccc([N+](=O)[O-])c1C1CC1. The van der Waals surface area contributed by atoms with Crippen LogP contribution in [0.2, 0.25) is 0 Å². The second-order valence-corrected chi connectivity index (χ2v) is 3.95. The molecule has 5 heteroatoms. The van der Waals surface area contributed by atoms with Gasteiger partial charge in [-0.05, 0) is 24.8 Å². The summed E-state index contributed by atoms with van der Waals surface area (Å²) in [4.78, 5) is 21.5. The number of nitro groups is 1. The standard InChI is InChI=1S/C11H12N2O3/c1-7(14)12-9-3-2-4-10(13(15)16)11(9)8-5-6-8/h2-4,8H,5-6H2,1H3,(H,12,14). The fourth-order valence-corrected chi connectivity index (χ4v) is 1.81. The van der Waals surface area contributed by atoms with E-state index in [2.05, 4.69) is 5.32 Å². The van der Waals surface area contributed by atoms with Gasteiger partial charge in [-0.25, -0.2) is 0 Å². The summed E-state index contributed by atoms with van der Waals surface area (Å²) < 4.78 is 0. The lowest BCUT2D eigenvalue weighted by Crippen LogP contribution is -2.09. The molecule has 1 fully saturated rings. The summed E-state index contributed by atoms with van der Waals surface area (Å²) in [6, 6.07) is 4.79. The van der Waals surface area contributed by atoms with Crippen molar-refractivity contribution in [2.75, 3.05) is 5.32 Å². The Balaban J connectivity index is 2.46. The smallest absolute Gasteiger partial charge is 0.274 e. The van der Waals surface area contributed by atoms with E-state index in [-0.39, 0.29) is 22.4 Å². The maximum Gasteiger partial charge on any atom is 0.274 e. The molecule has 16 heavy (non-hydrogen) atoms. The third kappa shape index (κ3) is 2.03. The van der Waals surface area contributed by atoms with Crippen LogP contribution in [0, 0.1) is 10.1 Å². The first-order valence-electron chi connectivity index (χ1n) is 5.14. The monoisotopic (exact) mass is 220 g/mol. The van der Waals surface area contributed by atoms with E-state index in [1.807, 2.05) is 0 Å². The molecule has 5 nitrogen and oxygen atoms in total. The van der Waals surface area contributed by atoms with E-state index in [4.69, 9.17) is 0 Å². The Morgan fingerprint density at radius 2 is 2.19 bits per heavy atom. The van der Waals surface area contributed by atoms with Crippen LogP contribution in [0.3, 0.4) is 0 Å². The number of hydrogen-bond donors (Lipinski definition) is 1. The van der Waals surface area contributed by atoms with Crippen LogP contribution in [0.1, 0.15) is 31.2 Å². The highest BCUT2D eigenvalue weighted by atomic mass is 16.6. The highest BCUT2D eigenvalue weighted by Crippen LogP contribution is 2.47. The van der Waals surface area contributed by atoms with Gasteiger partial charge in [0.15, 0.2) is 0 Å². The summed E-state index contributed by atoms with van der Waals surface area (Å²) in [6.07, 6.45) is 1.91. The van der Waals surface area contributed by atoms with Crippen LogP contribution in [0.15, 0.2) is 18.2 Å². The molecule has 0 atom stereocenters. The number of anilines is 1. The van der Waals surface area contributed by atoms with Gasteiger partial charge in [-0.3, -0.25) is 14.9 Å². The van der Waals surface area contributed by atoms with Gasteiger partial charge in [-0.15, -0.1) is 0 Å². The molecule has 0 aromatic heterocycles. The second kappa shape index (κ2) is 3.92. The Hall–Kier alpha value is -1.91. The molecule has 0 bridgehead atoms. The third-order valence-electron chi connectivity index (χ3n) is 2.58. The van der Waals surface area contributed by atoms with E-state index in [9.17, 15) is 14.9 Å². The summed E-state index contributed by atoms with van der Waals surface area (Å²) in [5.41, 5.74) is 1.35. The molecule has 2 rings (SSSR count). The Labute approximate surface area is 92.6 Å². The Morgan fingerprint density at radius 1 is 1.50 bits per heavy atom. The quantitative estimate of drug-likeness (QED) is 0.628. The Morgan fingerprint density at radius 3 is 2.69 bits per heavy atom. The molecular weight excluding hydrogens is 208 g/mol. The summed E-state index contributed by atoms with van der Waals surface area (Å²) in [7, 11) is 0. The van der Waals surface area contributed by atoms with E-state index in [0.717, 1.165) is 12.8 Å². The molecule has 0 aliphatic heterocycles. The van der Waals surface area contributed by atoms with Crippen molar-refractivity contribution in [1.29, 1.82) is 0 Å². The van der Waals surface area contributed by atoms with Gasteiger partial charge in [0.25, 0.3) is 5.69 Å². The Kier molecular flexibility index (Phi) is 2.60. The van der Waals surface area contributed by atoms with Crippen molar-refractivity contribution in [3.05, 3.63) is 33.9 Å². The number of hydrogen-bond acceptors (Lipinski definition) is 3. The van der Waals surface area contributed by atoms with Crippen LogP contribution >= 0.6 is 0 Å². The molecule has 84 valence electrons. The van der Waals surface area contributed by atoms with Gasteiger partial charge in [0, 0.05) is 13.0 Å². The molecule has 1 saturated carbocycles. The van der Waals surface area contributed by atoms with Gasteiger partial charge in [-0.1, -0.05) is 6.07 Å². The lowest BCUT2D eigenvalue weighted by atomic mass is 10.1. The third-order valence-corrected chi connectivity index (χ3v) is 2.58. The van der Waals surface area contributed by atoms with E-state index in [1.165, 1.54) is 13.0 Å². The Bertz CT molecular complexity index is 453. The lowest BCUT2D eigenvalue weighted by Gasteiger charge is -2.09. The first-order valence-corrected chi connectivity index (χ1v) is 5.14. The van der Waals surface area contributed by atoms with Crippen molar-refractivity contribution in [3.8, 4) is 0 Å². The first kappa shape index (κ1) is 10.6. The zero-order valence-electron chi connectivity index (χ0n) is 8.90. The number of carbonyl (C=O) groups excluding carboxylic acids is 1. The second-order valence-electron chi connectivity index (χ2n) is 3.95. The summed E-state index contributed by atoms with van der Waals surface area (Å²) in [5.74, 6) is 0.0193. The van der Waals surface area contributed by atoms with Crippen LogP contribution in [-0.4, -0.2) is 10.8 Å². The van der Waals surface area contributed by atoms with Crippen LogP contribution in [0.25, 0.3) is 0 Å². The molecule has 1 aliphatic carbocycles. The topological polar surface area (TPSA) is 72.2 Å². The first-order chi connectivity index (χ1) is 7.59. The van der Waals surface area contributed by atoms with Crippen molar-refractivity contribution in [1.82, 2.24) is 0 Å². The average molecular weight is 220 g/mol. The van der Waals surface area contributed by atoms with E-state index in [0.29, 0.717) is 11.3 Å². The van der Waals surface area contributed by atoms with Crippen LogP contribution in [0.5, 0.6) is 0 Å². The summed E-state index contributed by atoms with van der Waals surface area (Å²) in [6.45, 7) is 1.40. The van der Waals surface area contributed by atoms with Crippen molar-refractivity contribution in [3.63, 3.8) is 0 Å². The minimum atomic E-state index is -0.390. The van der Waals surface area contributed by atoms with Gasteiger partial charge in [0.05, 0.1) is 16.2 Å². The van der Waals surface area contributed by atoms with Crippen molar-refractivity contribution in [2.24, 2.45) is 0 Å². The van der Waals surface area contributed by atoms with Crippen molar-refractivity contribution in [2.45, 2.75) is 25.7 Å². The highest BCUT2D eigenvalue weighted by molar-refractivity contribution is 5.90. The summed E-state index contributed by atoms with van der Waals surface area (Å²) in [5, 5.41) is 13.5. The number of nitrogens with zero attached hydrogens (tertiary/aromatic N) is 1. The predicted octanol–water partition coefficient (Wildman–Crippen LogP) is 2.43. The zero-order chi connectivity index (χ0) is 11.7. The highest BCUT2D eigenvalue weighted by Gasteiger charge is 2.33. The van der Waals surface area contributed by atoms with Gasteiger partial charge in [0.1, 0.15) is 0 Å². The molecule has 0 saturated heterocycles. The largest absolute Gasteiger partial charge is 0.326 e. The molecule has 0 radical (unpaired) electrons. The molecule has 1 amide bonds. The average Bonchev–Trinajstić information content (AvgIpc) is 2.99. The molecule has 1 aromatic carbocycles. The van der Waals surface area contributed by atoms with Crippen molar-refractivity contribution >= 4 is 17.3 Å². The maximum absolute atomic E-state index is 11.0. The van der Waals surface area contributed by atoms with Crippen LogP contribution in [-0.2, 0) is 4.79 Å². The normalized spacial score (nSPS) is 14.6. The predicted molar refractivity (Wildman–Crippen MR) is 59.4 cm³/mol.